The van der Waals surface area contributed by atoms with Gasteiger partial charge in [0.25, 0.3) is 0 Å². The number of halogens is 1. The first kappa shape index (κ1) is 11.3. The molecule has 0 aliphatic carbocycles. The van der Waals surface area contributed by atoms with E-state index in [9.17, 15) is 5.11 Å². The fraction of sp³-hybridized carbons (Fsp3) is 0.200. The van der Waals surface area contributed by atoms with Crippen molar-refractivity contribution in [1.29, 1.82) is 0 Å². The molecule has 2 aromatic rings. The van der Waals surface area contributed by atoms with Gasteiger partial charge in [0.2, 0.25) is 0 Å². The van der Waals surface area contributed by atoms with Crippen molar-refractivity contribution in [3.8, 4) is 0 Å². The maximum absolute atomic E-state index is 9.82. The number of anilines is 1. The summed E-state index contributed by atoms with van der Waals surface area (Å²) in [6.07, 6.45) is 2.36. The normalized spacial score (nSPS) is 12.4. The second-order valence-electron chi connectivity index (χ2n) is 3.17. The summed E-state index contributed by atoms with van der Waals surface area (Å²) in [5, 5.41) is 17.1. The molecule has 6 heteroatoms. The summed E-state index contributed by atoms with van der Waals surface area (Å²) >= 11 is 7.42. The number of aliphatic hydroxyl groups excluding tert-OH is 1. The van der Waals surface area contributed by atoms with Gasteiger partial charge in [-0.3, -0.25) is 0 Å². The first-order chi connectivity index (χ1) is 7.77. The lowest BCUT2D eigenvalue weighted by Crippen LogP contribution is -2.12. The van der Waals surface area contributed by atoms with E-state index in [4.69, 9.17) is 11.6 Å². The molecule has 1 unspecified atom stereocenters. The lowest BCUT2D eigenvalue weighted by atomic mass is 10.2. The van der Waals surface area contributed by atoms with Gasteiger partial charge in [-0.05, 0) is 22.4 Å². The van der Waals surface area contributed by atoms with Gasteiger partial charge in [-0.25, -0.2) is 9.97 Å². The largest absolute Gasteiger partial charge is 0.387 e. The fourth-order valence-corrected chi connectivity index (χ4v) is 2.10. The number of hydrogen-bond donors (Lipinski definition) is 2. The van der Waals surface area contributed by atoms with Gasteiger partial charge < -0.3 is 10.4 Å². The Morgan fingerprint density at radius 3 is 3.12 bits per heavy atom. The molecular formula is C10H10ClN3OS. The van der Waals surface area contributed by atoms with Crippen molar-refractivity contribution in [3.63, 3.8) is 0 Å². The zero-order chi connectivity index (χ0) is 11.4. The molecule has 1 atom stereocenters. The van der Waals surface area contributed by atoms with Crippen molar-refractivity contribution in [3.05, 3.63) is 39.9 Å². The van der Waals surface area contributed by atoms with E-state index in [-0.39, 0.29) is 0 Å². The van der Waals surface area contributed by atoms with E-state index in [2.05, 4.69) is 15.3 Å². The van der Waals surface area contributed by atoms with E-state index in [1.54, 1.807) is 11.3 Å². The smallest absolute Gasteiger partial charge is 0.148 e. The van der Waals surface area contributed by atoms with Crippen LogP contribution in [0.5, 0.6) is 0 Å². The SMILES string of the molecule is OC(CNc1ncncc1Cl)c1ccsc1. The predicted octanol–water partition coefficient (Wildman–Crippen LogP) is 2.34. The third-order valence-corrected chi connectivity index (χ3v) is 3.04. The number of aliphatic hydroxyl groups is 1. The monoisotopic (exact) mass is 255 g/mol. The number of thiophene rings is 1. The van der Waals surface area contributed by atoms with E-state index in [0.29, 0.717) is 17.4 Å². The molecule has 0 aliphatic rings. The van der Waals surface area contributed by atoms with Crippen LogP contribution in [0, 0.1) is 0 Å². The molecule has 0 spiro atoms. The molecule has 2 aromatic heterocycles. The number of nitrogens with one attached hydrogen (secondary N) is 1. The van der Waals surface area contributed by atoms with Gasteiger partial charge in [-0.15, -0.1) is 0 Å². The quantitative estimate of drug-likeness (QED) is 0.881. The number of nitrogens with zero attached hydrogens (tertiary/aromatic N) is 2. The van der Waals surface area contributed by atoms with Crippen LogP contribution < -0.4 is 5.32 Å². The highest BCUT2D eigenvalue weighted by Gasteiger charge is 2.08. The molecule has 0 saturated carbocycles. The van der Waals surface area contributed by atoms with E-state index in [0.717, 1.165) is 5.56 Å². The van der Waals surface area contributed by atoms with Crippen LogP contribution in [0.4, 0.5) is 5.82 Å². The lowest BCUT2D eigenvalue weighted by molar-refractivity contribution is 0.192. The van der Waals surface area contributed by atoms with Crippen LogP contribution in [0.15, 0.2) is 29.4 Å². The minimum Gasteiger partial charge on any atom is -0.387 e. The predicted molar refractivity (Wildman–Crippen MR) is 64.8 cm³/mol. The van der Waals surface area contributed by atoms with Crippen LogP contribution in [0.25, 0.3) is 0 Å². The van der Waals surface area contributed by atoms with E-state index in [1.165, 1.54) is 12.5 Å². The Morgan fingerprint density at radius 1 is 1.56 bits per heavy atom. The number of hydrogen-bond acceptors (Lipinski definition) is 5. The van der Waals surface area contributed by atoms with Crippen LogP contribution in [0.1, 0.15) is 11.7 Å². The Morgan fingerprint density at radius 2 is 2.44 bits per heavy atom. The molecule has 2 rings (SSSR count). The molecule has 0 aliphatic heterocycles. The number of rotatable bonds is 4. The zero-order valence-electron chi connectivity index (χ0n) is 8.30. The average molecular weight is 256 g/mol. The van der Waals surface area contributed by atoms with Crippen molar-refractivity contribution >= 4 is 28.8 Å². The van der Waals surface area contributed by atoms with Crippen molar-refractivity contribution in [2.24, 2.45) is 0 Å². The van der Waals surface area contributed by atoms with Gasteiger partial charge in [0, 0.05) is 6.54 Å². The topological polar surface area (TPSA) is 58.0 Å². The van der Waals surface area contributed by atoms with E-state index >= 15 is 0 Å². The third kappa shape index (κ3) is 2.69. The molecule has 4 nitrogen and oxygen atoms in total. The molecule has 0 bridgehead atoms. The Hall–Kier alpha value is -1.17. The molecule has 16 heavy (non-hydrogen) atoms. The van der Waals surface area contributed by atoms with Crippen LogP contribution in [0.2, 0.25) is 5.02 Å². The van der Waals surface area contributed by atoms with Gasteiger partial charge >= 0.3 is 0 Å². The second kappa shape index (κ2) is 5.25. The summed E-state index contributed by atoms with van der Waals surface area (Å²) in [7, 11) is 0. The standard InChI is InChI=1S/C10H10ClN3OS/c11-8-3-12-6-14-10(8)13-4-9(15)7-1-2-16-5-7/h1-3,5-6,9,15H,4H2,(H,12,13,14). The van der Waals surface area contributed by atoms with Crippen LogP contribution in [-0.4, -0.2) is 21.6 Å². The van der Waals surface area contributed by atoms with Gasteiger partial charge in [-0.2, -0.15) is 11.3 Å². The Bertz CT molecular complexity index is 449. The highest BCUT2D eigenvalue weighted by atomic mass is 35.5. The molecular weight excluding hydrogens is 246 g/mol. The van der Waals surface area contributed by atoms with Crippen molar-refractivity contribution in [2.45, 2.75) is 6.10 Å². The summed E-state index contributed by atoms with van der Waals surface area (Å²) in [5.74, 6) is 0.533. The van der Waals surface area contributed by atoms with Crippen LogP contribution in [-0.2, 0) is 0 Å². The lowest BCUT2D eigenvalue weighted by Gasteiger charge is -2.11. The summed E-state index contributed by atoms with van der Waals surface area (Å²) in [5.41, 5.74) is 0.891. The molecule has 84 valence electrons. The van der Waals surface area contributed by atoms with Crippen LogP contribution >= 0.6 is 22.9 Å². The van der Waals surface area contributed by atoms with Crippen LogP contribution in [0.3, 0.4) is 0 Å². The molecule has 0 saturated heterocycles. The summed E-state index contributed by atoms with van der Waals surface area (Å²) in [4.78, 5) is 7.75. The van der Waals surface area contributed by atoms with Gasteiger partial charge in [0.1, 0.15) is 17.2 Å². The summed E-state index contributed by atoms with van der Waals surface area (Å²) in [6, 6.07) is 1.89. The first-order valence-electron chi connectivity index (χ1n) is 4.67. The molecule has 0 amide bonds. The van der Waals surface area contributed by atoms with Crippen molar-refractivity contribution < 1.29 is 5.11 Å². The van der Waals surface area contributed by atoms with E-state index in [1.807, 2.05) is 16.8 Å². The molecule has 0 radical (unpaired) electrons. The van der Waals surface area contributed by atoms with Gasteiger partial charge in [-0.1, -0.05) is 11.6 Å². The maximum Gasteiger partial charge on any atom is 0.148 e. The van der Waals surface area contributed by atoms with Gasteiger partial charge in [0.15, 0.2) is 0 Å². The highest BCUT2D eigenvalue weighted by molar-refractivity contribution is 7.07. The highest BCUT2D eigenvalue weighted by Crippen LogP contribution is 2.19. The molecule has 2 heterocycles. The average Bonchev–Trinajstić information content (AvgIpc) is 2.81. The Kier molecular flexibility index (Phi) is 3.71. The van der Waals surface area contributed by atoms with Crippen molar-refractivity contribution in [1.82, 2.24) is 9.97 Å². The zero-order valence-corrected chi connectivity index (χ0v) is 9.87. The third-order valence-electron chi connectivity index (χ3n) is 2.06. The second-order valence-corrected chi connectivity index (χ2v) is 4.36. The first-order valence-corrected chi connectivity index (χ1v) is 5.99. The molecule has 0 fully saturated rings. The minimum absolute atomic E-state index is 0.369. The maximum atomic E-state index is 9.82. The Labute approximate surface area is 102 Å². The molecule has 0 aromatic carbocycles. The fourth-order valence-electron chi connectivity index (χ4n) is 1.22. The summed E-state index contributed by atoms with van der Waals surface area (Å²) in [6.45, 7) is 0.369. The summed E-state index contributed by atoms with van der Waals surface area (Å²) < 4.78 is 0. The van der Waals surface area contributed by atoms with Crippen molar-refractivity contribution in [2.75, 3.05) is 11.9 Å². The Balaban J connectivity index is 1.95. The minimum atomic E-state index is -0.558. The van der Waals surface area contributed by atoms with Gasteiger partial charge in [0.05, 0.1) is 12.3 Å². The number of aromatic nitrogens is 2. The molecule has 2 N–H and O–H groups in total. The van der Waals surface area contributed by atoms with E-state index < -0.39 is 6.10 Å².